The molecule has 72 valence electrons. The Kier molecular flexibility index (Phi) is 2.19. The van der Waals surface area contributed by atoms with Crippen LogP contribution in [-0.2, 0) is 6.54 Å². The number of nitrogens with zero attached hydrogens (tertiary/aromatic N) is 4. The molecule has 2 aromatic heterocycles. The maximum Gasteiger partial charge on any atom is 0.197 e. The highest BCUT2D eigenvalue weighted by molar-refractivity contribution is 5.42. The molecule has 0 aliphatic heterocycles. The second kappa shape index (κ2) is 3.51. The van der Waals surface area contributed by atoms with Crippen molar-refractivity contribution in [1.82, 2.24) is 25.1 Å². The van der Waals surface area contributed by atoms with Gasteiger partial charge < -0.3 is 5.73 Å². The van der Waals surface area contributed by atoms with E-state index in [0.717, 1.165) is 11.3 Å². The van der Waals surface area contributed by atoms with Crippen LogP contribution in [0.1, 0.15) is 11.3 Å². The molecule has 0 bridgehead atoms. The van der Waals surface area contributed by atoms with E-state index in [-0.39, 0.29) is 0 Å². The van der Waals surface area contributed by atoms with E-state index in [4.69, 9.17) is 5.73 Å². The molecule has 14 heavy (non-hydrogen) atoms. The third-order valence-electron chi connectivity index (χ3n) is 1.93. The van der Waals surface area contributed by atoms with Gasteiger partial charge in [-0.3, -0.25) is 5.10 Å². The van der Waals surface area contributed by atoms with Crippen molar-refractivity contribution in [3.05, 3.63) is 23.8 Å². The monoisotopic (exact) mass is 190 g/mol. The quantitative estimate of drug-likeness (QED) is 0.696. The van der Waals surface area contributed by atoms with Crippen molar-refractivity contribution in [3.63, 3.8) is 0 Å². The topological polar surface area (TPSA) is 93.4 Å². The zero-order chi connectivity index (χ0) is 9.97. The third-order valence-corrected chi connectivity index (χ3v) is 1.93. The predicted octanol–water partition coefficient (Wildman–Crippen LogP) is 0.0288. The Morgan fingerprint density at radius 3 is 2.86 bits per heavy atom. The van der Waals surface area contributed by atoms with Crippen LogP contribution < -0.4 is 5.73 Å². The first-order chi connectivity index (χ1) is 6.81. The van der Waals surface area contributed by atoms with Gasteiger partial charge in [-0.1, -0.05) is 0 Å². The molecule has 0 saturated heterocycles. The minimum Gasteiger partial charge on any atom is -0.326 e. The maximum atomic E-state index is 5.50. The lowest BCUT2D eigenvalue weighted by Crippen LogP contribution is -2.03. The summed E-state index contributed by atoms with van der Waals surface area (Å²) in [6.45, 7) is 2.34. The summed E-state index contributed by atoms with van der Waals surface area (Å²) in [5, 5.41) is 6.43. The highest BCUT2D eigenvalue weighted by atomic mass is 15.2. The number of aromatic nitrogens is 5. The van der Waals surface area contributed by atoms with Crippen LogP contribution in [0.3, 0.4) is 0 Å². The van der Waals surface area contributed by atoms with Crippen LogP contribution in [0.4, 0.5) is 0 Å². The maximum absolute atomic E-state index is 5.50. The van der Waals surface area contributed by atoms with Gasteiger partial charge in [0.2, 0.25) is 0 Å². The van der Waals surface area contributed by atoms with Crippen LogP contribution in [0, 0.1) is 6.92 Å². The van der Waals surface area contributed by atoms with E-state index in [1.165, 1.54) is 6.33 Å². The Morgan fingerprint density at radius 2 is 2.29 bits per heavy atom. The molecule has 0 aliphatic carbocycles. The van der Waals surface area contributed by atoms with Crippen LogP contribution >= 0.6 is 0 Å². The first-order valence-electron chi connectivity index (χ1n) is 4.19. The Balaban J connectivity index is 2.43. The molecular weight excluding hydrogens is 180 g/mol. The number of hydrogen-bond acceptors (Lipinski definition) is 5. The van der Waals surface area contributed by atoms with Crippen molar-refractivity contribution in [2.24, 2.45) is 5.73 Å². The summed E-state index contributed by atoms with van der Waals surface area (Å²) in [4.78, 5) is 12.3. The van der Waals surface area contributed by atoms with E-state index >= 15 is 0 Å². The number of aryl methyl sites for hydroxylation is 1. The number of nitrogens with one attached hydrogen (secondary N) is 1. The lowest BCUT2D eigenvalue weighted by atomic mass is 10.2. The highest BCUT2D eigenvalue weighted by Gasteiger charge is 2.06. The van der Waals surface area contributed by atoms with Gasteiger partial charge in [-0.25, -0.2) is 15.0 Å². The Labute approximate surface area is 80.6 Å². The van der Waals surface area contributed by atoms with Gasteiger partial charge >= 0.3 is 0 Å². The normalized spacial score (nSPS) is 10.4. The van der Waals surface area contributed by atoms with E-state index in [0.29, 0.717) is 18.2 Å². The van der Waals surface area contributed by atoms with Gasteiger partial charge in [-0.05, 0) is 6.92 Å². The van der Waals surface area contributed by atoms with Crippen LogP contribution in [0.2, 0.25) is 0 Å². The number of rotatable bonds is 2. The summed E-state index contributed by atoms with van der Waals surface area (Å²) in [5.41, 5.74) is 7.31. The molecule has 0 atom stereocenters. The van der Waals surface area contributed by atoms with Crippen LogP contribution in [-0.4, -0.2) is 25.1 Å². The molecule has 6 nitrogen and oxygen atoms in total. The van der Waals surface area contributed by atoms with Crippen LogP contribution in [0.25, 0.3) is 11.6 Å². The molecule has 2 heterocycles. The Morgan fingerprint density at radius 1 is 1.43 bits per heavy atom. The number of hydrogen-bond donors (Lipinski definition) is 2. The molecule has 0 aliphatic rings. The summed E-state index contributed by atoms with van der Waals surface area (Å²) < 4.78 is 0. The van der Waals surface area contributed by atoms with Gasteiger partial charge in [-0.2, -0.15) is 5.10 Å². The van der Waals surface area contributed by atoms with Gasteiger partial charge in [0.15, 0.2) is 11.6 Å². The van der Waals surface area contributed by atoms with Crippen molar-refractivity contribution in [3.8, 4) is 11.6 Å². The highest BCUT2D eigenvalue weighted by Crippen LogP contribution is 2.09. The molecule has 0 amide bonds. The number of aromatic amines is 1. The van der Waals surface area contributed by atoms with E-state index in [1.54, 1.807) is 6.20 Å². The van der Waals surface area contributed by atoms with Crippen molar-refractivity contribution in [1.29, 1.82) is 0 Å². The van der Waals surface area contributed by atoms with Gasteiger partial charge in [0, 0.05) is 24.0 Å². The first-order valence-corrected chi connectivity index (χ1v) is 4.19. The van der Waals surface area contributed by atoms with Crippen molar-refractivity contribution in [2.45, 2.75) is 13.5 Å². The molecule has 3 N–H and O–H groups in total. The zero-order valence-corrected chi connectivity index (χ0v) is 7.73. The average Bonchev–Trinajstić information content (AvgIpc) is 2.70. The Bertz CT molecular complexity index is 421. The smallest absolute Gasteiger partial charge is 0.197 e. The molecule has 0 spiro atoms. The largest absolute Gasteiger partial charge is 0.326 e. The Hall–Kier alpha value is -1.82. The zero-order valence-electron chi connectivity index (χ0n) is 7.73. The molecule has 0 radical (unpaired) electrons. The third kappa shape index (κ3) is 1.47. The van der Waals surface area contributed by atoms with Crippen LogP contribution in [0.15, 0.2) is 12.5 Å². The summed E-state index contributed by atoms with van der Waals surface area (Å²) >= 11 is 0. The molecule has 0 aromatic carbocycles. The molecule has 6 heteroatoms. The molecule has 2 aromatic rings. The lowest BCUT2D eigenvalue weighted by Gasteiger charge is -2.01. The number of H-pyrrole nitrogens is 1. The van der Waals surface area contributed by atoms with Gasteiger partial charge in [-0.15, -0.1) is 0 Å². The predicted molar refractivity (Wildman–Crippen MR) is 50.0 cm³/mol. The molecule has 0 unspecified atom stereocenters. The SMILES string of the molecule is Cc1nc(-c2ncn[nH]2)ncc1CN. The molecule has 0 saturated carbocycles. The minimum absolute atomic E-state index is 0.447. The standard InChI is InChI=1S/C8H10N6/c1-5-6(2-9)3-10-7(13-5)8-11-4-12-14-8/h3-4H,2,9H2,1H3,(H,11,12,14). The van der Waals surface area contributed by atoms with E-state index in [2.05, 4.69) is 25.1 Å². The van der Waals surface area contributed by atoms with Crippen molar-refractivity contribution in [2.75, 3.05) is 0 Å². The summed E-state index contributed by atoms with van der Waals surface area (Å²) in [7, 11) is 0. The van der Waals surface area contributed by atoms with E-state index in [9.17, 15) is 0 Å². The molecular formula is C8H10N6. The van der Waals surface area contributed by atoms with Crippen LogP contribution in [0.5, 0.6) is 0 Å². The van der Waals surface area contributed by atoms with Gasteiger partial charge in [0.05, 0.1) is 0 Å². The van der Waals surface area contributed by atoms with Crippen molar-refractivity contribution < 1.29 is 0 Å². The average molecular weight is 190 g/mol. The van der Waals surface area contributed by atoms with Gasteiger partial charge in [0.25, 0.3) is 0 Å². The van der Waals surface area contributed by atoms with E-state index < -0.39 is 0 Å². The number of nitrogens with two attached hydrogens (primary N) is 1. The van der Waals surface area contributed by atoms with Gasteiger partial charge in [0.1, 0.15) is 6.33 Å². The first kappa shape index (κ1) is 8.76. The second-order valence-electron chi connectivity index (χ2n) is 2.84. The molecule has 2 rings (SSSR count). The summed E-state index contributed by atoms with van der Waals surface area (Å²) in [6.07, 6.45) is 3.13. The summed E-state index contributed by atoms with van der Waals surface area (Å²) in [6, 6.07) is 0. The fourth-order valence-electron chi connectivity index (χ4n) is 1.12. The fourth-order valence-corrected chi connectivity index (χ4v) is 1.12. The molecule has 0 fully saturated rings. The van der Waals surface area contributed by atoms with Crippen molar-refractivity contribution >= 4 is 0 Å². The minimum atomic E-state index is 0.447. The van der Waals surface area contributed by atoms with E-state index in [1.807, 2.05) is 6.92 Å². The summed E-state index contributed by atoms with van der Waals surface area (Å²) in [5.74, 6) is 1.11. The lowest BCUT2D eigenvalue weighted by molar-refractivity contribution is 0.960. The second-order valence-corrected chi connectivity index (χ2v) is 2.84. The fraction of sp³-hybridized carbons (Fsp3) is 0.250.